The summed E-state index contributed by atoms with van der Waals surface area (Å²) in [6.45, 7) is 2.41. The zero-order valence-electron chi connectivity index (χ0n) is 9.17. The van der Waals surface area contributed by atoms with E-state index in [4.69, 9.17) is 11.6 Å². The maximum atomic E-state index is 12.8. The van der Waals surface area contributed by atoms with Crippen LogP contribution in [0.4, 0.5) is 4.39 Å². The van der Waals surface area contributed by atoms with Crippen molar-refractivity contribution < 1.29 is 9.18 Å². The van der Waals surface area contributed by atoms with Gasteiger partial charge in [-0.05, 0) is 24.1 Å². The van der Waals surface area contributed by atoms with Crippen molar-refractivity contribution in [1.82, 2.24) is 5.32 Å². The summed E-state index contributed by atoms with van der Waals surface area (Å²) < 4.78 is 12.8. The van der Waals surface area contributed by atoms with Gasteiger partial charge in [-0.15, -0.1) is 11.6 Å². The van der Waals surface area contributed by atoms with Crippen molar-refractivity contribution in [2.45, 2.75) is 25.1 Å². The van der Waals surface area contributed by atoms with E-state index in [-0.39, 0.29) is 23.5 Å². The molecule has 88 valence electrons. The number of alkyl halides is 1. The summed E-state index contributed by atoms with van der Waals surface area (Å²) in [5, 5.41) is 2.66. The number of nitrogens with one attached hydrogen (secondary N) is 1. The molecule has 1 unspecified atom stereocenters. The topological polar surface area (TPSA) is 29.1 Å². The molecular formula is C12H15ClFNO. The molecule has 0 aliphatic heterocycles. The molecule has 0 saturated heterocycles. The van der Waals surface area contributed by atoms with Crippen molar-refractivity contribution in [1.29, 1.82) is 0 Å². The van der Waals surface area contributed by atoms with E-state index < -0.39 is 0 Å². The Hall–Kier alpha value is -1.09. The van der Waals surface area contributed by atoms with E-state index in [0.29, 0.717) is 12.1 Å². The molecule has 0 bridgehead atoms. The molecule has 4 heteroatoms. The molecule has 1 N–H and O–H groups in total. The first-order valence-electron chi connectivity index (χ1n) is 5.27. The minimum Gasteiger partial charge on any atom is -0.354 e. The van der Waals surface area contributed by atoms with Crippen molar-refractivity contribution in [3.63, 3.8) is 0 Å². The highest BCUT2D eigenvalue weighted by atomic mass is 35.5. The molecule has 0 saturated carbocycles. The summed E-state index contributed by atoms with van der Waals surface area (Å²) in [4.78, 5) is 11.5. The van der Waals surface area contributed by atoms with Crippen molar-refractivity contribution in [3.05, 3.63) is 35.6 Å². The predicted octanol–water partition coefficient (Wildman–Crippen LogP) is 2.50. The number of benzene rings is 1. The second kappa shape index (κ2) is 6.48. The number of hydrogen-bond donors (Lipinski definition) is 1. The molecular weight excluding hydrogens is 229 g/mol. The number of carbonyl (C=O) groups excluding carboxylic acids is 1. The molecule has 1 atom stereocenters. The molecule has 2 nitrogen and oxygen atoms in total. The van der Waals surface area contributed by atoms with Crippen LogP contribution in [0.3, 0.4) is 0 Å². The van der Waals surface area contributed by atoms with Gasteiger partial charge >= 0.3 is 0 Å². The van der Waals surface area contributed by atoms with Crippen LogP contribution in [0, 0.1) is 5.82 Å². The van der Waals surface area contributed by atoms with Gasteiger partial charge in [-0.2, -0.15) is 0 Å². The summed E-state index contributed by atoms with van der Waals surface area (Å²) in [5.41, 5.74) is 0.667. The van der Waals surface area contributed by atoms with E-state index in [1.165, 1.54) is 12.1 Å². The minimum absolute atomic E-state index is 0.0449. The summed E-state index contributed by atoms with van der Waals surface area (Å²) in [7, 11) is 0. The van der Waals surface area contributed by atoms with Gasteiger partial charge in [0.05, 0.1) is 11.8 Å². The van der Waals surface area contributed by atoms with Crippen LogP contribution in [0.1, 0.15) is 18.9 Å². The Bertz CT molecular complexity index is 357. The molecule has 0 aliphatic carbocycles. The highest BCUT2D eigenvalue weighted by Crippen LogP contribution is 2.04. The van der Waals surface area contributed by atoms with Gasteiger partial charge in [-0.25, -0.2) is 4.39 Å². The number of carbonyl (C=O) groups is 1. The highest BCUT2D eigenvalue weighted by Gasteiger charge is 2.06. The quantitative estimate of drug-likeness (QED) is 0.791. The van der Waals surface area contributed by atoms with Crippen molar-refractivity contribution in [2.24, 2.45) is 0 Å². The fourth-order valence-corrected chi connectivity index (χ4v) is 1.34. The van der Waals surface area contributed by atoms with Gasteiger partial charge < -0.3 is 5.32 Å². The molecule has 1 rings (SSSR count). The van der Waals surface area contributed by atoms with Crippen molar-refractivity contribution in [3.8, 4) is 0 Å². The highest BCUT2D eigenvalue weighted by molar-refractivity contribution is 6.20. The van der Waals surface area contributed by atoms with Gasteiger partial charge in [0.2, 0.25) is 5.91 Å². The Kier molecular flexibility index (Phi) is 5.26. The van der Waals surface area contributed by atoms with Gasteiger partial charge in [0.1, 0.15) is 5.82 Å². The van der Waals surface area contributed by atoms with Crippen molar-refractivity contribution >= 4 is 17.5 Å². The van der Waals surface area contributed by atoms with E-state index in [0.717, 1.165) is 6.42 Å². The zero-order valence-corrected chi connectivity index (χ0v) is 9.93. The van der Waals surface area contributed by atoms with E-state index in [1.54, 1.807) is 12.1 Å². The molecule has 0 spiro atoms. The SMILES string of the molecule is CCC(Cl)CNC(=O)Cc1cccc(F)c1. The lowest BCUT2D eigenvalue weighted by molar-refractivity contribution is -0.120. The van der Waals surface area contributed by atoms with E-state index >= 15 is 0 Å². The van der Waals surface area contributed by atoms with Gasteiger partial charge in [-0.1, -0.05) is 19.1 Å². The van der Waals surface area contributed by atoms with Gasteiger partial charge in [0.25, 0.3) is 0 Å². The normalized spacial score (nSPS) is 12.2. The van der Waals surface area contributed by atoms with E-state index in [1.807, 2.05) is 6.92 Å². The van der Waals surface area contributed by atoms with Crippen LogP contribution in [0.5, 0.6) is 0 Å². The van der Waals surface area contributed by atoms with E-state index in [9.17, 15) is 9.18 Å². The van der Waals surface area contributed by atoms with Gasteiger partial charge in [-0.3, -0.25) is 4.79 Å². The maximum Gasteiger partial charge on any atom is 0.224 e. The van der Waals surface area contributed by atoms with Crippen LogP contribution in [0.25, 0.3) is 0 Å². The second-order valence-electron chi connectivity index (χ2n) is 3.62. The minimum atomic E-state index is -0.325. The Morgan fingerprint density at radius 2 is 2.31 bits per heavy atom. The lowest BCUT2D eigenvalue weighted by Crippen LogP contribution is -2.30. The monoisotopic (exact) mass is 243 g/mol. The Balaban J connectivity index is 2.40. The Morgan fingerprint density at radius 3 is 2.94 bits per heavy atom. The maximum absolute atomic E-state index is 12.8. The van der Waals surface area contributed by atoms with Crippen LogP contribution in [-0.4, -0.2) is 17.8 Å². The fraction of sp³-hybridized carbons (Fsp3) is 0.417. The molecule has 0 aromatic heterocycles. The lowest BCUT2D eigenvalue weighted by Gasteiger charge is -2.08. The van der Waals surface area contributed by atoms with Crippen LogP contribution in [0.15, 0.2) is 24.3 Å². The van der Waals surface area contributed by atoms with E-state index in [2.05, 4.69) is 5.32 Å². The zero-order chi connectivity index (χ0) is 12.0. The number of amides is 1. The summed E-state index contributed by atoms with van der Waals surface area (Å²) >= 11 is 5.86. The van der Waals surface area contributed by atoms with Crippen LogP contribution in [0.2, 0.25) is 0 Å². The molecule has 0 fully saturated rings. The fourth-order valence-electron chi connectivity index (χ4n) is 1.26. The first-order valence-corrected chi connectivity index (χ1v) is 5.70. The lowest BCUT2D eigenvalue weighted by atomic mass is 10.1. The third-order valence-electron chi connectivity index (χ3n) is 2.22. The molecule has 0 heterocycles. The largest absolute Gasteiger partial charge is 0.354 e. The average Bonchev–Trinajstić information content (AvgIpc) is 2.26. The molecule has 1 amide bonds. The molecule has 16 heavy (non-hydrogen) atoms. The molecule has 0 radical (unpaired) electrons. The number of halogens is 2. The van der Waals surface area contributed by atoms with Crippen LogP contribution >= 0.6 is 11.6 Å². The number of hydrogen-bond acceptors (Lipinski definition) is 1. The summed E-state index contributed by atoms with van der Waals surface area (Å²) in [5.74, 6) is -0.459. The molecule has 1 aromatic rings. The Labute approximate surface area is 99.8 Å². The van der Waals surface area contributed by atoms with Crippen LogP contribution < -0.4 is 5.32 Å². The summed E-state index contributed by atoms with van der Waals surface area (Å²) in [6, 6.07) is 6.03. The average molecular weight is 244 g/mol. The number of rotatable bonds is 5. The van der Waals surface area contributed by atoms with Crippen molar-refractivity contribution in [2.75, 3.05) is 6.54 Å². The Morgan fingerprint density at radius 1 is 1.56 bits per heavy atom. The van der Waals surface area contributed by atoms with Gasteiger partial charge in [0.15, 0.2) is 0 Å². The third-order valence-corrected chi connectivity index (χ3v) is 2.68. The molecule has 1 aromatic carbocycles. The second-order valence-corrected chi connectivity index (χ2v) is 4.23. The third kappa shape index (κ3) is 4.62. The van der Waals surface area contributed by atoms with Crippen LogP contribution in [-0.2, 0) is 11.2 Å². The smallest absolute Gasteiger partial charge is 0.224 e. The molecule has 0 aliphatic rings. The first kappa shape index (κ1) is 13.0. The summed E-state index contributed by atoms with van der Waals surface area (Å²) in [6.07, 6.45) is 0.993. The first-order chi connectivity index (χ1) is 7.61. The van der Waals surface area contributed by atoms with Gasteiger partial charge in [0, 0.05) is 6.54 Å². The predicted molar refractivity (Wildman–Crippen MR) is 63.0 cm³/mol. The standard InChI is InChI=1S/C12H15ClFNO/c1-2-10(13)8-15-12(16)7-9-4-3-5-11(14)6-9/h3-6,10H,2,7-8H2,1H3,(H,15,16).